The first-order valence-electron chi connectivity index (χ1n) is 5.95. The molecule has 86 valence electrons. The van der Waals surface area contributed by atoms with Gasteiger partial charge in [0.05, 0.1) is 13.6 Å². The third-order valence-electron chi connectivity index (χ3n) is 2.65. The summed E-state index contributed by atoms with van der Waals surface area (Å²) < 4.78 is 4.30. The van der Waals surface area contributed by atoms with Crippen LogP contribution in [-0.2, 0) is 13.6 Å². The summed E-state index contributed by atoms with van der Waals surface area (Å²) in [6, 6.07) is 0. The SMILES string of the molecule is C[n+]1ccn(CCCCCCCCO)c1. The summed E-state index contributed by atoms with van der Waals surface area (Å²) >= 11 is 0. The second-order valence-corrected chi connectivity index (χ2v) is 4.16. The molecule has 1 N–H and O–H groups in total. The number of rotatable bonds is 8. The van der Waals surface area contributed by atoms with Gasteiger partial charge in [0, 0.05) is 6.61 Å². The van der Waals surface area contributed by atoms with Crippen molar-refractivity contribution in [3.63, 3.8) is 0 Å². The molecule has 0 aliphatic rings. The first kappa shape index (κ1) is 12.2. The average molecular weight is 211 g/mol. The van der Waals surface area contributed by atoms with Gasteiger partial charge >= 0.3 is 0 Å². The van der Waals surface area contributed by atoms with Gasteiger partial charge in [-0.1, -0.05) is 19.3 Å². The average Bonchev–Trinajstić information content (AvgIpc) is 2.63. The molecule has 3 nitrogen and oxygen atoms in total. The number of aliphatic hydroxyl groups excluding tert-OH is 1. The highest BCUT2D eigenvalue weighted by Gasteiger charge is 1.98. The summed E-state index contributed by atoms with van der Waals surface area (Å²) in [6.45, 7) is 1.47. The molecule has 1 aromatic rings. The third-order valence-corrected chi connectivity index (χ3v) is 2.65. The van der Waals surface area contributed by atoms with E-state index in [9.17, 15) is 0 Å². The van der Waals surface area contributed by atoms with Gasteiger partial charge in [-0.25, -0.2) is 9.13 Å². The Balaban J connectivity index is 1.93. The van der Waals surface area contributed by atoms with Gasteiger partial charge in [0.15, 0.2) is 0 Å². The zero-order valence-electron chi connectivity index (χ0n) is 9.73. The lowest BCUT2D eigenvalue weighted by Gasteiger charge is -1.99. The Kier molecular flexibility index (Phi) is 6.09. The van der Waals surface area contributed by atoms with Crippen LogP contribution in [0.1, 0.15) is 38.5 Å². The normalized spacial score (nSPS) is 10.8. The van der Waals surface area contributed by atoms with Crippen LogP contribution < -0.4 is 4.57 Å². The number of hydrogen-bond acceptors (Lipinski definition) is 1. The van der Waals surface area contributed by atoms with Gasteiger partial charge in [-0.2, -0.15) is 0 Å². The van der Waals surface area contributed by atoms with Crippen LogP contribution >= 0.6 is 0 Å². The maximum Gasteiger partial charge on any atom is 0.243 e. The van der Waals surface area contributed by atoms with Crippen molar-refractivity contribution in [2.45, 2.75) is 45.1 Å². The lowest BCUT2D eigenvalue weighted by Crippen LogP contribution is -2.23. The molecule has 1 rings (SSSR count). The predicted octanol–water partition coefficient (Wildman–Crippen LogP) is 1.65. The predicted molar refractivity (Wildman–Crippen MR) is 60.4 cm³/mol. The molecule has 1 aromatic heterocycles. The van der Waals surface area contributed by atoms with Crippen molar-refractivity contribution in [1.82, 2.24) is 4.57 Å². The molecule has 0 saturated carbocycles. The largest absolute Gasteiger partial charge is 0.396 e. The Bertz CT molecular complexity index is 258. The first-order chi connectivity index (χ1) is 7.33. The Labute approximate surface area is 92.4 Å². The van der Waals surface area contributed by atoms with E-state index < -0.39 is 0 Å². The molecular weight excluding hydrogens is 188 g/mol. The number of hydrogen-bond donors (Lipinski definition) is 1. The number of aliphatic hydroxyl groups is 1. The maximum atomic E-state index is 8.61. The van der Waals surface area contributed by atoms with Crippen LogP contribution in [0.4, 0.5) is 0 Å². The quantitative estimate of drug-likeness (QED) is 0.514. The number of aromatic nitrogens is 2. The molecule has 0 amide bonds. The Morgan fingerprint density at radius 1 is 1.07 bits per heavy atom. The Hall–Kier alpha value is -0.830. The molecule has 3 heteroatoms. The smallest absolute Gasteiger partial charge is 0.243 e. The molecule has 0 saturated heterocycles. The summed E-state index contributed by atoms with van der Waals surface area (Å²) in [5, 5.41) is 8.61. The van der Waals surface area contributed by atoms with Crippen molar-refractivity contribution in [3.05, 3.63) is 18.7 Å². The van der Waals surface area contributed by atoms with Crippen molar-refractivity contribution < 1.29 is 9.67 Å². The van der Waals surface area contributed by atoms with Gasteiger partial charge in [0.2, 0.25) is 6.33 Å². The minimum Gasteiger partial charge on any atom is -0.396 e. The lowest BCUT2D eigenvalue weighted by molar-refractivity contribution is -0.671. The van der Waals surface area contributed by atoms with Crippen LogP contribution in [0.25, 0.3) is 0 Å². The zero-order chi connectivity index (χ0) is 10.9. The minimum absolute atomic E-state index is 0.347. The maximum absolute atomic E-state index is 8.61. The van der Waals surface area contributed by atoms with Crippen LogP contribution in [0, 0.1) is 0 Å². The minimum atomic E-state index is 0.347. The van der Waals surface area contributed by atoms with Crippen LogP contribution in [0.2, 0.25) is 0 Å². The van der Waals surface area contributed by atoms with E-state index >= 15 is 0 Å². The molecule has 0 fully saturated rings. The van der Waals surface area contributed by atoms with Gasteiger partial charge < -0.3 is 5.11 Å². The topological polar surface area (TPSA) is 29.0 Å². The second kappa shape index (κ2) is 7.46. The number of imidazole rings is 1. The van der Waals surface area contributed by atoms with Crippen molar-refractivity contribution in [2.75, 3.05) is 6.61 Å². The van der Waals surface area contributed by atoms with Gasteiger partial charge in [-0.3, -0.25) is 0 Å². The molecular formula is C12H23N2O+. The summed E-state index contributed by atoms with van der Waals surface area (Å²) in [5.41, 5.74) is 0. The number of aryl methyl sites for hydroxylation is 2. The highest BCUT2D eigenvalue weighted by molar-refractivity contribution is 4.65. The summed E-state index contributed by atoms with van der Waals surface area (Å²) in [5.74, 6) is 0. The fourth-order valence-electron chi connectivity index (χ4n) is 1.75. The van der Waals surface area contributed by atoms with E-state index in [1.165, 1.54) is 32.1 Å². The highest BCUT2D eigenvalue weighted by Crippen LogP contribution is 2.05. The Morgan fingerprint density at radius 3 is 2.33 bits per heavy atom. The molecule has 0 aliphatic heterocycles. The zero-order valence-corrected chi connectivity index (χ0v) is 9.73. The molecule has 0 bridgehead atoms. The van der Waals surface area contributed by atoms with Crippen LogP contribution in [0.3, 0.4) is 0 Å². The third kappa shape index (κ3) is 5.57. The van der Waals surface area contributed by atoms with E-state index in [1.54, 1.807) is 0 Å². The van der Waals surface area contributed by atoms with E-state index in [1.807, 2.05) is 7.05 Å². The Morgan fingerprint density at radius 2 is 1.73 bits per heavy atom. The molecule has 0 aliphatic carbocycles. The summed E-state index contributed by atoms with van der Waals surface area (Å²) in [4.78, 5) is 0. The fourth-order valence-corrected chi connectivity index (χ4v) is 1.75. The van der Waals surface area contributed by atoms with E-state index in [4.69, 9.17) is 5.11 Å². The van der Waals surface area contributed by atoms with Crippen LogP contribution in [-0.4, -0.2) is 16.3 Å². The lowest BCUT2D eigenvalue weighted by atomic mass is 10.1. The molecule has 15 heavy (non-hydrogen) atoms. The first-order valence-corrected chi connectivity index (χ1v) is 5.95. The van der Waals surface area contributed by atoms with E-state index in [0.717, 1.165) is 13.0 Å². The van der Waals surface area contributed by atoms with Gasteiger partial charge in [0.25, 0.3) is 0 Å². The summed E-state index contributed by atoms with van der Waals surface area (Å²) in [7, 11) is 2.05. The van der Waals surface area contributed by atoms with Crippen molar-refractivity contribution in [2.24, 2.45) is 7.05 Å². The van der Waals surface area contributed by atoms with E-state index in [0.29, 0.717) is 6.61 Å². The van der Waals surface area contributed by atoms with Gasteiger partial charge in [-0.05, 0) is 19.3 Å². The van der Waals surface area contributed by atoms with Crippen molar-refractivity contribution in [3.8, 4) is 0 Å². The fraction of sp³-hybridized carbons (Fsp3) is 0.750. The highest BCUT2D eigenvalue weighted by atomic mass is 16.2. The molecule has 0 radical (unpaired) electrons. The standard InChI is InChI=1S/C12H23N2O/c1-13-9-10-14(12-13)8-6-4-2-3-5-7-11-15/h9-10,12,15H,2-8,11H2,1H3/q+1. The van der Waals surface area contributed by atoms with Crippen molar-refractivity contribution >= 4 is 0 Å². The monoisotopic (exact) mass is 211 g/mol. The number of nitrogens with zero attached hydrogens (tertiary/aromatic N) is 2. The molecule has 0 atom stereocenters. The van der Waals surface area contributed by atoms with Crippen LogP contribution in [0.5, 0.6) is 0 Å². The summed E-state index contributed by atoms with van der Waals surface area (Å²) in [6.07, 6.45) is 13.6. The number of unbranched alkanes of at least 4 members (excludes halogenated alkanes) is 5. The van der Waals surface area contributed by atoms with Gasteiger partial charge in [-0.15, -0.1) is 0 Å². The second-order valence-electron chi connectivity index (χ2n) is 4.16. The van der Waals surface area contributed by atoms with Gasteiger partial charge in [0.1, 0.15) is 12.4 Å². The molecule has 0 spiro atoms. The molecule has 1 heterocycles. The van der Waals surface area contributed by atoms with Crippen LogP contribution in [0.15, 0.2) is 18.7 Å². The molecule has 0 unspecified atom stereocenters. The van der Waals surface area contributed by atoms with E-state index in [-0.39, 0.29) is 0 Å². The van der Waals surface area contributed by atoms with E-state index in [2.05, 4.69) is 27.9 Å². The van der Waals surface area contributed by atoms with Crippen molar-refractivity contribution in [1.29, 1.82) is 0 Å². The molecule has 0 aromatic carbocycles.